The van der Waals surface area contributed by atoms with Gasteiger partial charge in [0.15, 0.2) is 0 Å². The summed E-state index contributed by atoms with van der Waals surface area (Å²) in [6, 6.07) is 9.08. The second kappa shape index (κ2) is 5.87. The van der Waals surface area contributed by atoms with Gasteiger partial charge in [0, 0.05) is 13.0 Å². The Morgan fingerprint density at radius 3 is 2.58 bits per heavy atom. The molecule has 0 aromatic heterocycles. The van der Waals surface area contributed by atoms with Crippen molar-refractivity contribution in [1.82, 2.24) is 10.2 Å². The monoisotopic (exact) mass is 260 g/mol. The Labute approximate surface area is 113 Å². The number of amides is 3. The highest BCUT2D eigenvalue weighted by Crippen LogP contribution is 2.14. The maximum Gasteiger partial charge on any atom is 0.324 e. The number of benzene rings is 1. The molecule has 0 bridgehead atoms. The SMILES string of the molecule is CC[C@@H](C)CN1C(=O)N[C@@H](Cc2ccccc2)C1=O. The topological polar surface area (TPSA) is 49.4 Å². The molecular formula is C15H20N2O2. The van der Waals surface area contributed by atoms with Gasteiger partial charge in [0.05, 0.1) is 0 Å². The number of urea groups is 1. The highest BCUT2D eigenvalue weighted by Gasteiger charge is 2.38. The van der Waals surface area contributed by atoms with Crippen molar-refractivity contribution in [3.05, 3.63) is 35.9 Å². The molecule has 4 nitrogen and oxygen atoms in total. The Bertz CT molecular complexity index is 458. The van der Waals surface area contributed by atoms with Gasteiger partial charge < -0.3 is 5.32 Å². The van der Waals surface area contributed by atoms with E-state index in [2.05, 4.69) is 12.2 Å². The summed E-state index contributed by atoms with van der Waals surface area (Å²) in [6.45, 7) is 4.61. The fourth-order valence-electron chi connectivity index (χ4n) is 2.18. The lowest BCUT2D eigenvalue weighted by molar-refractivity contribution is -0.127. The van der Waals surface area contributed by atoms with Crippen molar-refractivity contribution in [3.63, 3.8) is 0 Å². The zero-order valence-corrected chi connectivity index (χ0v) is 11.4. The summed E-state index contributed by atoms with van der Waals surface area (Å²) >= 11 is 0. The van der Waals surface area contributed by atoms with Crippen LogP contribution in [-0.4, -0.2) is 29.4 Å². The van der Waals surface area contributed by atoms with Crippen molar-refractivity contribution in [2.24, 2.45) is 5.92 Å². The Morgan fingerprint density at radius 1 is 1.26 bits per heavy atom. The van der Waals surface area contributed by atoms with Crippen molar-refractivity contribution in [1.29, 1.82) is 0 Å². The summed E-state index contributed by atoms with van der Waals surface area (Å²) < 4.78 is 0. The molecule has 0 aliphatic carbocycles. The number of carbonyl (C=O) groups is 2. The van der Waals surface area contributed by atoms with E-state index >= 15 is 0 Å². The lowest BCUT2D eigenvalue weighted by Gasteiger charge is -2.17. The average molecular weight is 260 g/mol. The Morgan fingerprint density at radius 2 is 1.95 bits per heavy atom. The van der Waals surface area contributed by atoms with Crippen LogP contribution in [0.1, 0.15) is 25.8 Å². The van der Waals surface area contributed by atoms with E-state index in [-0.39, 0.29) is 11.9 Å². The van der Waals surface area contributed by atoms with Crippen LogP contribution < -0.4 is 5.32 Å². The first-order chi connectivity index (χ1) is 9.11. The molecule has 0 spiro atoms. The molecule has 4 heteroatoms. The van der Waals surface area contributed by atoms with Crippen molar-refractivity contribution in [2.75, 3.05) is 6.54 Å². The number of hydrogen-bond acceptors (Lipinski definition) is 2. The van der Waals surface area contributed by atoms with E-state index in [1.165, 1.54) is 4.90 Å². The van der Waals surface area contributed by atoms with E-state index in [1.54, 1.807) is 0 Å². The van der Waals surface area contributed by atoms with Gasteiger partial charge in [0.2, 0.25) is 0 Å². The zero-order chi connectivity index (χ0) is 13.8. The molecule has 1 saturated heterocycles. The molecule has 0 unspecified atom stereocenters. The lowest BCUT2D eigenvalue weighted by atomic mass is 10.1. The van der Waals surface area contributed by atoms with E-state index in [4.69, 9.17) is 0 Å². The average Bonchev–Trinajstić information content (AvgIpc) is 2.67. The van der Waals surface area contributed by atoms with Crippen molar-refractivity contribution >= 4 is 11.9 Å². The lowest BCUT2D eigenvalue weighted by Crippen LogP contribution is -2.35. The molecule has 1 aliphatic rings. The summed E-state index contributed by atoms with van der Waals surface area (Å²) in [6.07, 6.45) is 1.52. The first-order valence-electron chi connectivity index (χ1n) is 6.77. The van der Waals surface area contributed by atoms with Crippen molar-refractivity contribution < 1.29 is 9.59 Å². The van der Waals surface area contributed by atoms with Crippen molar-refractivity contribution in [3.8, 4) is 0 Å². The number of hydrogen-bond donors (Lipinski definition) is 1. The summed E-state index contributed by atoms with van der Waals surface area (Å²) in [4.78, 5) is 25.4. The van der Waals surface area contributed by atoms with Crippen LogP contribution in [-0.2, 0) is 11.2 Å². The highest BCUT2D eigenvalue weighted by molar-refractivity contribution is 6.04. The standard InChI is InChI=1S/C15H20N2O2/c1-3-11(2)10-17-14(18)13(16-15(17)19)9-12-7-5-4-6-8-12/h4-8,11,13H,3,9-10H2,1-2H3,(H,16,19)/t11-,13+/m1/s1. The second-order valence-corrected chi connectivity index (χ2v) is 5.15. The summed E-state index contributed by atoms with van der Waals surface area (Å²) in [5, 5.41) is 2.77. The first-order valence-corrected chi connectivity index (χ1v) is 6.77. The first kappa shape index (κ1) is 13.6. The Balaban J connectivity index is 2.02. The summed E-state index contributed by atoms with van der Waals surface area (Å²) in [5.41, 5.74) is 1.06. The predicted octanol–water partition coefficient (Wildman–Crippen LogP) is 2.20. The minimum Gasteiger partial charge on any atom is -0.325 e. The van der Waals surface area contributed by atoms with Gasteiger partial charge in [-0.25, -0.2) is 4.79 Å². The fourth-order valence-corrected chi connectivity index (χ4v) is 2.18. The third kappa shape index (κ3) is 3.13. The Kier molecular flexibility index (Phi) is 4.20. The third-order valence-corrected chi connectivity index (χ3v) is 3.58. The van der Waals surface area contributed by atoms with E-state index in [9.17, 15) is 9.59 Å². The zero-order valence-electron chi connectivity index (χ0n) is 11.4. The molecule has 0 radical (unpaired) electrons. The van der Waals surface area contributed by atoms with Crippen LogP contribution >= 0.6 is 0 Å². The third-order valence-electron chi connectivity index (χ3n) is 3.58. The number of rotatable bonds is 5. The van der Waals surface area contributed by atoms with Crippen LogP contribution in [0.4, 0.5) is 4.79 Å². The quantitative estimate of drug-likeness (QED) is 0.825. The fraction of sp³-hybridized carbons (Fsp3) is 0.467. The smallest absolute Gasteiger partial charge is 0.324 e. The van der Waals surface area contributed by atoms with E-state index in [0.717, 1.165) is 12.0 Å². The number of nitrogens with one attached hydrogen (secondary N) is 1. The van der Waals surface area contributed by atoms with Gasteiger partial charge in [-0.3, -0.25) is 9.69 Å². The highest BCUT2D eigenvalue weighted by atomic mass is 16.2. The molecule has 2 atom stereocenters. The molecule has 1 aromatic rings. The van der Waals surface area contributed by atoms with Crippen LogP contribution in [0.25, 0.3) is 0 Å². The van der Waals surface area contributed by atoms with Gasteiger partial charge in [-0.1, -0.05) is 50.6 Å². The molecule has 1 N–H and O–H groups in total. The number of imide groups is 1. The molecule has 102 valence electrons. The van der Waals surface area contributed by atoms with Crippen LogP contribution in [0.3, 0.4) is 0 Å². The van der Waals surface area contributed by atoms with Crippen LogP contribution in [0.2, 0.25) is 0 Å². The molecule has 1 heterocycles. The minimum atomic E-state index is -0.418. The molecule has 1 aromatic carbocycles. The number of nitrogens with zero attached hydrogens (tertiary/aromatic N) is 1. The predicted molar refractivity (Wildman–Crippen MR) is 73.6 cm³/mol. The number of carbonyl (C=O) groups excluding carboxylic acids is 2. The molecular weight excluding hydrogens is 240 g/mol. The minimum absolute atomic E-state index is 0.103. The van der Waals surface area contributed by atoms with E-state index < -0.39 is 6.04 Å². The van der Waals surface area contributed by atoms with E-state index in [0.29, 0.717) is 18.9 Å². The molecule has 3 amide bonds. The van der Waals surface area contributed by atoms with E-state index in [1.807, 2.05) is 37.3 Å². The van der Waals surface area contributed by atoms with Gasteiger partial charge >= 0.3 is 6.03 Å². The summed E-state index contributed by atoms with van der Waals surface area (Å²) in [5.74, 6) is 0.235. The van der Waals surface area contributed by atoms with Gasteiger partial charge in [-0.2, -0.15) is 0 Å². The largest absolute Gasteiger partial charge is 0.325 e. The maximum absolute atomic E-state index is 12.2. The molecule has 0 saturated carbocycles. The van der Waals surface area contributed by atoms with Gasteiger partial charge in [0.1, 0.15) is 6.04 Å². The molecule has 1 aliphatic heterocycles. The van der Waals surface area contributed by atoms with Crippen LogP contribution in [0, 0.1) is 5.92 Å². The Hall–Kier alpha value is -1.84. The molecule has 1 fully saturated rings. The second-order valence-electron chi connectivity index (χ2n) is 5.15. The molecule has 2 rings (SSSR count). The summed E-state index contributed by atoms with van der Waals surface area (Å²) in [7, 11) is 0. The molecule has 19 heavy (non-hydrogen) atoms. The van der Waals surface area contributed by atoms with Gasteiger partial charge in [0.25, 0.3) is 5.91 Å². The maximum atomic E-state index is 12.2. The normalized spacial score (nSPS) is 20.5. The van der Waals surface area contributed by atoms with Gasteiger partial charge in [-0.05, 0) is 11.5 Å². The van der Waals surface area contributed by atoms with Crippen LogP contribution in [0.5, 0.6) is 0 Å². The van der Waals surface area contributed by atoms with Crippen LogP contribution in [0.15, 0.2) is 30.3 Å². The van der Waals surface area contributed by atoms with Crippen molar-refractivity contribution in [2.45, 2.75) is 32.7 Å². The van der Waals surface area contributed by atoms with Gasteiger partial charge in [-0.15, -0.1) is 0 Å².